The van der Waals surface area contributed by atoms with Gasteiger partial charge in [0, 0.05) is 18.9 Å². The number of hydrogen-bond donors (Lipinski definition) is 2. The molecule has 2 N–H and O–H groups in total. The normalized spacial score (nSPS) is 17.8. The summed E-state index contributed by atoms with van der Waals surface area (Å²) in [6, 6.07) is 3.50. The summed E-state index contributed by atoms with van der Waals surface area (Å²) >= 11 is 0. The number of carbonyl (C=O) groups excluding carboxylic acids is 2. The van der Waals surface area contributed by atoms with E-state index < -0.39 is 11.8 Å². The third-order valence-electron chi connectivity index (χ3n) is 3.97. The van der Waals surface area contributed by atoms with Crippen molar-refractivity contribution >= 4 is 17.5 Å². The molecule has 0 spiro atoms. The number of piperidine rings is 1. The average Bonchev–Trinajstić information content (AvgIpc) is 3.08. The Labute approximate surface area is 134 Å². The molecule has 0 aliphatic carbocycles. The lowest BCUT2D eigenvalue weighted by Gasteiger charge is -2.34. The summed E-state index contributed by atoms with van der Waals surface area (Å²) < 4.78 is 0. The number of aromatic nitrogens is 3. The molecule has 2 aromatic rings. The van der Waals surface area contributed by atoms with E-state index in [0.29, 0.717) is 12.2 Å². The molecule has 2 amide bonds. The molecule has 1 atom stereocenters. The number of pyridine rings is 1. The Hall–Kier alpha value is -2.70. The summed E-state index contributed by atoms with van der Waals surface area (Å²) in [5.74, 6) is -1.16. The number of H-pyrrole nitrogens is 1. The van der Waals surface area contributed by atoms with Gasteiger partial charge in [-0.3, -0.25) is 19.7 Å². The second kappa shape index (κ2) is 6.60. The molecule has 1 aliphatic rings. The fraction of sp³-hybridized carbons (Fsp3) is 0.375. The van der Waals surface area contributed by atoms with Gasteiger partial charge in [0.1, 0.15) is 0 Å². The predicted molar refractivity (Wildman–Crippen MR) is 84.5 cm³/mol. The van der Waals surface area contributed by atoms with Crippen molar-refractivity contribution in [2.75, 3.05) is 11.9 Å². The smallest absolute Gasteiger partial charge is 0.313 e. The molecule has 2 aromatic heterocycles. The molecule has 120 valence electrons. The topological polar surface area (TPSA) is 91.0 Å². The minimum atomic E-state index is -0.635. The lowest BCUT2D eigenvalue weighted by molar-refractivity contribution is -0.146. The minimum absolute atomic E-state index is 0.125. The van der Waals surface area contributed by atoms with E-state index in [1.807, 2.05) is 13.0 Å². The van der Waals surface area contributed by atoms with E-state index in [1.54, 1.807) is 23.4 Å². The van der Waals surface area contributed by atoms with Gasteiger partial charge in [-0.2, -0.15) is 5.10 Å². The maximum absolute atomic E-state index is 12.6. The Balaban J connectivity index is 1.73. The van der Waals surface area contributed by atoms with E-state index in [1.165, 1.54) is 6.20 Å². The second-order valence-corrected chi connectivity index (χ2v) is 5.73. The zero-order valence-corrected chi connectivity index (χ0v) is 13.0. The first kappa shape index (κ1) is 15.2. The number of nitrogens with zero attached hydrogens (tertiary/aromatic N) is 3. The van der Waals surface area contributed by atoms with Crippen LogP contribution >= 0.6 is 0 Å². The SMILES string of the molecule is Cc1cncc(NC(=O)C(=O)N2CCCCC2c2ccn[nH]2)c1. The molecular formula is C16H19N5O2. The number of carbonyl (C=O) groups is 2. The molecule has 1 saturated heterocycles. The quantitative estimate of drug-likeness (QED) is 0.827. The summed E-state index contributed by atoms with van der Waals surface area (Å²) in [6.07, 6.45) is 7.63. The van der Waals surface area contributed by atoms with Gasteiger partial charge in [-0.1, -0.05) is 0 Å². The van der Waals surface area contributed by atoms with Crippen LogP contribution in [0, 0.1) is 6.92 Å². The lowest BCUT2D eigenvalue weighted by Crippen LogP contribution is -2.44. The van der Waals surface area contributed by atoms with Gasteiger partial charge in [-0.15, -0.1) is 0 Å². The van der Waals surface area contributed by atoms with Crippen molar-refractivity contribution < 1.29 is 9.59 Å². The molecule has 0 saturated carbocycles. The number of rotatable bonds is 2. The molecule has 7 nitrogen and oxygen atoms in total. The third kappa shape index (κ3) is 3.39. The van der Waals surface area contributed by atoms with Crippen LogP contribution in [0.4, 0.5) is 5.69 Å². The van der Waals surface area contributed by atoms with Crippen LogP contribution in [0.1, 0.15) is 36.6 Å². The van der Waals surface area contributed by atoms with Gasteiger partial charge in [0.05, 0.1) is 23.6 Å². The largest absolute Gasteiger partial charge is 0.326 e. The summed E-state index contributed by atoms with van der Waals surface area (Å²) in [5.41, 5.74) is 2.31. The van der Waals surface area contributed by atoms with Crippen molar-refractivity contribution in [3.05, 3.63) is 42.0 Å². The summed E-state index contributed by atoms with van der Waals surface area (Å²) in [7, 11) is 0. The molecule has 0 bridgehead atoms. The predicted octanol–water partition coefficient (Wildman–Crippen LogP) is 1.81. The lowest BCUT2D eigenvalue weighted by atomic mass is 9.99. The van der Waals surface area contributed by atoms with Crippen LogP contribution in [0.2, 0.25) is 0 Å². The molecule has 0 radical (unpaired) electrons. The van der Waals surface area contributed by atoms with Gasteiger partial charge in [0.25, 0.3) is 0 Å². The first-order valence-corrected chi connectivity index (χ1v) is 7.68. The Morgan fingerprint density at radius 3 is 2.96 bits per heavy atom. The van der Waals surface area contributed by atoms with Crippen LogP contribution in [0.5, 0.6) is 0 Å². The highest BCUT2D eigenvalue weighted by Crippen LogP contribution is 2.29. The zero-order chi connectivity index (χ0) is 16.2. The third-order valence-corrected chi connectivity index (χ3v) is 3.97. The van der Waals surface area contributed by atoms with E-state index in [2.05, 4.69) is 20.5 Å². The number of amides is 2. The van der Waals surface area contributed by atoms with Crippen LogP contribution in [0.15, 0.2) is 30.7 Å². The van der Waals surface area contributed by atoms with E-state index in [0.717, 1.165) is 30.5 Å². The van der Waals surface area contributed by atoms with Crippen LogP contribution < -0.4 is 5.32 Å². The number of likely N-dealkylation sites (tertiary alicyclic amines) is 1. The molecule has 1 unspecified atom stereocenters. The number of aryl methyl sites for hydroxylation is 1. The van der Waals surface area contributed by atoms with Crippen molar-refractivity contribution in [1.29, 1.82) is 0 Å². The fourth-order valence-electron chi connectivity index (χ4n) is 2.89. The van der Waals surface area contributed by atoms with Crippen molar-refractivity contribution in [2.45, 2.75) is 32.2 Å². The van der Waals surface area contributed by atoms with Crippen LogP contribution in [0.3, 0.4) is 0 Å². The van der Waals surface area contributed by atoms with Gasteiger partial charge in [-0.25, -0.2) is 0 Å². The van der Waals surface area contributed by atoms with Crippen LogP contribution in [-0.2, 0) is 9.59 Å². The average molecular weight is 313 g/mol. The molecule has 1 fully saturated rings. The van der Waals surface area contributed by atoms with Crippen LogP contribution in [0.25, 0.3) is 0 Å². The molecule has 0 aromatic carbocycles. The van der Waals surface area contributed by atoms with E-state index in [9.17, 15) is 9.59 Å². The highest BCUT2D eigenvalue weighted by molar-refractivity contribution is 6.39. The van der Waals surface area contributed by atoms with Gasteiger partial charge < -0.3 is 10.2 Å². The minimum Gasteiger partial charge on any atom is -0.326 e. The van der Waals surface area contributed by atoms with E-state index in [4.69, 9.17) is 0 Å². The Morgan fingerprint density at radius 1 is 1.35 bits per heavy atom. The van der Waals surface area contributed by atoms with Crippen molar-refractivity contribution in [3.8, 4) is 0 Å². The zero-order valence-electron chi connectivity index (χ0n) is 13.0. The number of anilines is 1. The van der Waals surface area contributed by atoms with Gasteiger partial charge in [-0.05, 0) is 43.9 Å². The Bertz CT molecular complexity index is 698. The molecular weight excluding hydrogens is 294 g/mol. The molecule has 3 heterocycles. The molecule has 7 heteroatoms. The maximum atomic E-state index is 12.6. The summed E-state index contributed by atoms with van der Waals surface area (Å²) in [4.78, 5) is 30.5. The van der Waals surface area contributed by atoms with Crippen LogP contribution in [-0.4, -0.2) is 38.4 Å². The Kier molecular flexibility index (Phi) is 4.36. The fourth-order valence-corrected chi connectivity index (χ4v) is 2.89. The van der Waals surface area contributed by atoms with Crippen molar-refractivity contribution in [3.63, 3.8) is 0 Å². The highest BCUT2D eigenvalue weighted by atomic mass is 16.2. The van der Waals surface area contributed by atoms with Gasteiger partial charge in [0.2, 0.25) is 0 Å². The van der Waals surface area contributed by atoms with Gasteiger partial charge in [0.15, 0.2) is 0 Å². The summed E-state index contributed by atoms with van der Waals surface area (Å²) in [6.45, 7) is 2.45. The second-order valence-electron chi connectivity index (χ2n) is 5.73. The van der Waals surface area contributed by atoms with E-state index in [-0.39, 0.29) is 6.04 Å². The number of hydrogen-bond acceptors (Lipinski definition) is 4. The first-order valence-electron chi connectivity index (χ1n) is 7.68. The Morgan fingerprint density at radius 2 is 2.22 bits per heavy atom. The van der Waals surface area contributed by atoms with E-state index >= 15 is 0 Å². The van der Waals surface area contributed by atoms with Gasteiger partial charge >= 0.3 is 11.8 Å². The molecule has 3 rings (SSSR count). The molecule has 23 heavy (non-hydrogen) atoms. The highest BCUT2D eigenvalue weighted by Gasteiger charge is 2.32. The monoisotopic (exact) mass is 313 g/mol. The first-order chi connectivity index (χ1) is 11.1. The maximum Gasteiger partial charge on any atom is 0.313 e. The van der Waals surface area contributed by atoms with Crippen molar-refractivity contribution in [1.82, 2.24) is 20.1 Å². The molecule has 1 aliphatic heterocycles. The number of aromatic amines is 1. The van der Waals surface area contributed by atoms with Crippen molar-refractivity contribution in [2.24, 2.45) is 0 Å². The standard InChI is InChI=1S/C16H19N5O2/c1-11-8-12(10-17-9-11)19-15(22)16(23)21-7-3-2-4-14(21)13-5-6-18-20-13/h5-6,8-10,14H,2-4,7H2,1H3,(H,18,20)(H,19,22). The number of nitrogens with one attached hydrogen (secondary N) is 2. The summed E-state index contributed by atoms with van der Waals surface area (Å²) in [5, 5.41) is 9.47.